The Morgan fingerprint density at radius 3 is 2.86 bits per heavy atom. The molecule has 0 bridgehead atoms. The molecule has 76 valence electrons. The molecule has 1 rings (SSSR count). The van der Waals surface area contributed by atoms with Crippen molar-refractivity contribution in [2.45, 2.75) is 20.4 Å². The number of hydrogen-bond acceptors (Lipinski definition) is 3. The second kappa shape index (κ2) is 4.25. The average Bonchev–Trinajstić information content (AvgIpc) is 2.52. The van der Waals surface area contributed by atoms with Crippen molar-refractivity contribution in [1.29, 1.82) is 5.26 Å². The van der Waals surface area contributed by atoms with Crippen molar-refractivity contribution in [2.75, 3.05) is 6.54 Å². The van der Waals surface area contributed by atoms with Crippen molar-refractivity contribution in [3.05, 3.63) is 18.2 Å². The minimum Gasteiger partial charge on any atom is -0.337 e. The van der Waals surface area contributed by atoms with E-state index in [9.17, 15) is 0 Å². The largest absolute Gasteiger partial charge is 0.337 e. The summed E-state index contributed by atoms with van der Waals surface area (Å²) < 4.78 is 1.96. The standard InChI is InChI=1S/C10H16N4/c1-10(2,6-11)7-12-4-9-5-13-8-14(9)3/h5,8,12H,4,7H2,1-3H3. The van der Waals surface area contributed by atoms with Crippen molar-refractivity contribution < 1.29 is 0 Å². The van der Waals surface area contributed by atoms with Crippen LogP contribution in [0.2, 0.25) is 0 Å². The molecule has 1 aromatic heterocycles. The Bertz CT molecular complexity index is 332. The molecule has 0 atom stereocenters. The van der Waals surface area contributed by atoms with Crippen LogP contribution in [0.1, 0.15) is 19.5 Å². The fourth-order valence-electron chi connectivity index (χ4n) is 1.10. The minimum atomic E-state index is -0.307. The number of nitrogens with one attached hydrogen (secondary N) is 1. The molecule has 0 saturated carbocycles. The molecule has 0 unspecified atom stereocenters. The second-order valence-corrected chi connectivity index (χ2v) is 4.10. The maximum absolute atomic E-state index is 8.80. The first kappa shape index (κ1) is 10.7. The topological polar surface area (TPSA) is 53.6 Å². The maximum atomic E-state index is 8.80. The third-order valence-corrected chi connectivity index (χ3v) is 2.09. The van der Waals surface area contributed by atoms with Crippen LogP contribution in [-0.2, 0) is 13.6 Å². The van der Waals surface area contributed by atoms with Gasteiger partial charge in [0.2, 0.25) is 0 Å². The normalized spacial score (nSPS) is 11.3. The Hall–Kier alpha value is -1.34. The van der Waals surface area contributed by atoms with Crippen LogP contribution in [0, 0.1) is 16.7 Å². The van der Waals surface area contributed by atoms with Crippen LogP contribution in [0.5, 0.6) is 0 Å². The van der Waals surface area contributed by atoms with E-state index < -0.39 is 0 Å². The molecular weight excluding hydrogens is 176 g/mol. The van der Waals surface area contributed by atoms with Gasteiger partial charge in [0.05, 0.1) is 23.5 Å². The van der Waals surface area contributed by atoms with Gasteiger partial charge in [0.15, 0.2) is 0 Å². The van der Waals surface area contributed by atoms with Gasteiger partial charge in [-0.3, -0.25) is 0 Å². The van der Waals surface area contributed by atoms with Gasteiger partial charge in [-0.05, 0) is 13.8 Å². The minimum absolute atomic E-state index is 0.307. The van der Waals surface area contributed by atoms with Crippen molar-refractivity contribution in [2.24, 2.45) is 12.5 Å². The molecule has 1 aromatic rings. The Kier molecular flexibility index (Phi) is 3.26. The number of nitriles is 1. The molecule has 1 heterocycles. The summed E-state index contributed by atoms with van der Waals surface area (Å²) in [5.74, 6) is 0. The third kappa shape index (κ3) is 2.86. The highest BCUT2D eigenvalue weighted by Crippen LogP contribution is 2.10. The maximum Gasteiger partial charge on any atom is 0.0945 e. The van der Waals surface area contributed by atoms with Crippen molar-refractivity contribution in [1.82, 2.24) is 14.9 Å². The lowest BCUT2D eigenvalue weighted by Crippen LogP contribution is -2.28. The van der Waals surface area contributed by atoms with E-state index in [2.05, 4.69) is 16.4 Å². The third-order valence-electron chi connectivity index (χ3n) is 2.09. The van der Waals surface area contributed by atoms with Gasteiger partial charge >= 0.3 is 0 Å². The summed E-state index contributed by atoms with van der Waals surface area (Å²) in [4.78, 5) is 4.01. The fourth-order valence-corrected chi connectivity index (χ4v) is 1.10. The highest BCUT2D eigenvalue weighted by molar-refractivity contribution is 4.98. The smallest absolute Gasteiger partial charge is 0.0945 e. The van der Waals surface area contributed by atoms with Gasteiger partial charge in [0, 0.05) is 26.3 Å². The molecule has 1 N–H and O–H groups in total. The molecule has 0 aliphatic carbocycles. The summed E-state index contributed by atoms with van der Waals surface area (Å²) in [7, 11) is 1.96. The number of hydrogen-bond donors (Lipinski definition) is 1. The number of aryl methyl sites for hydroxylation is 1. The first-order valence-corrected chi connectivity index (χ1v) is 4.62. The SMILES string of the molecule is Cn1cncc1CNCC(C)(C)C#N. The van der Waals surface area contributed by atoms with E-state index in [4.69, 9.17) is 5.26 Å². The molecule has 0 aliphatic heterocycles. The lowest BCUT2D eigenvalue weighted by molar-refractivity contribution is 0.441. The van der Waals surface area contributed by atoms with Crippen LogP contribution in [0.4, 0.5) is 0 Å². The number of rotatable bonds is 4. The van der Waals surface area contributed by atoms with Crippen LogP contribution >= 0.6 is 0 Å². The summed E-state index contributed by atoms with van der Waals surface area (Å²) >= 11 is 0. The average molecular weight is 192 g/mol. The highest BCUT2D eigenvalue weighted by atomic mass is 15.0. The Morgan fingerprint density at radius 2 is 2.36 bits per heavy atom. The van der Waals surface area contributed by atoms with Crippen molar-refractivity contribution >= 4 is 0 Å². The van der Waals surface area contributed by atoms with Gasteiger partial charge in [0.25, 0.3) is 0 Å². The van der Waals surface area contributed by atoms with E-state index in [0.717, 1.165) is 12.2 Å². The number of imidazole rings is 1. The molecule has 14 heavy (non-hydrogen) atoms. The van der Waals surface area contributed by atoms with Gasteiger partial charge in [-0.25, -0.2) is 4.98 Å². The first-order valence-electron chi connectivity index (χ1n) is 4.62. The molecule has 0 saturated heterocycles. The van der Waals surface area contributed by atoms with Gasteiger partial charge in [-0.2, -0.15) is 5.26 Å². The number of nitrogens with zero attached hydrogens (tertiary/aromatic N) is 3. The molecule has 0 radical (unpaired) electrons. The molecular formula is C10H16N4. The molecule has 0 aromatic carbocycles. The monoisotopic (exact) mass is 192 g/mol. The van der Waals surface area contributed by atoms with Crippen LogP contribution < -0.4 is 5.32 Å². The summed E-state index contributed by atoms with van der Waals surface area (Å²) in [5.41, 5.74) is 0.817. The molecule has 0 spiro atoms. The van der Waals surface area contributed by atoms with E-state index in [-0.39, 0.29) is 5.41 Å². The van der Waals surface area contributed by atoms with E-state index in [1.807, 2.05) is 31.7 Å². The van der Waals surface area contributed by atoms with E-state index in [1.165, 1.54) is 0 Å². The first-order chi connectivity index (χ1) is 6.55. The quantitative estimate of drug-likeness (QED) is 0.776. The molecule has 0 fully saturated rings. The summed E-state index contributed by atoms with van der Waals surface area (Å²) in [6.07, 6.45) is 3.60. The fraction of sp³-hybridized carbons (Fsp3) is 0.600. The van der Waals surface area contributed by atoms with Crippen LogP contribution in [0.25, 0.3) is 0 Å². The van der Waals surface area contributed by atoms with Crippen LogP contribution in [0.15, 0.2) is 12.5 Å². The summed E-state index contributed by atoms with van der Waals surface area (Å²) in [6, 6.07) is 2.25. The molecule has 0 amide bonds. The summed E-state index contributed by atoms with van der Waals surface area (Å²) in [6.45, 7) is 5.28. The van der Waals surface area contributed by atoms with Crippen LogP contribution in [-0.4, -0.2) is 16.1 Å². The highest BCUT2D eigenvalue weighted by Gasteiger charge is 2.15. The van der Waals surface area contributed by atoms with E-state index in [1.54, 1.807) is 6.33 Å². The number of aromatic nitrogens is 2. The van der Waals surface area contributed by atoms with E-state index >= 15 is 0 Å². The predicted molar refractivity (Wildman–Crippen MR) is 54.3 cm³/mol. The van der Waals surface area contributed by atoms with Gasteiger partial charge in [0.1, 0.15) is 0 Å². The van der Waals surface area contributed by atoms with Gasteiger partial charge < -0.3 is 9.88 Å². The Labute approximate surface area is 84.6 Å². The Morgan fingerprint density at radius 1 is 1.64 bits per heavy atom. The zero-order valence-corrected chi connectivity index (χ0v) is 8.91. The lowest BCUT2D eigenvalue weighted by Gasteiger charge is -2.15. The molecule has 4 nitrogen and oxygen atoms in total. The van der Waals surface area contributed by atoms with E-state index in [0.29, 0.717) is 6.54 Å². The predicted octanol–water partition coefficient (Wildman–Crippen LogP) is 1.06. The van der Waals surface area contributed by atoms with Crippen molar-refractivity contribution in [3.63, 3.8) is 0 Å². The summed E-state index contributed by atoms with van der Waals surface area (Å²) in [5, 5.41) is 12.0. The zero-order valence-electron chi connectivity index (χ0n) is 8.91. The zero-order chi connectivity index (χ0) is 10.6. The van der Waals surface area contributed by atoms with Crippen molar-refractivity contribution in [3.8, 4) is 6.07 Å². The van der Waals surface area contributed by atoms with Crippen LogP contribution in [0.3, 0.4) is 0 Å². The van der Waals surface area contributed by atoms with Gasteiger partial charge in [-0.1, -0.05) is 0 Å². The molecule has 4 heteroatoms. The van der Waals surface area contributed by atoms with Gasteiger partial charge in [-0.15, -0.1) is 0 Å². The lowest BCUT2D eigenvalue weighted by atomic mass is 9.96. The Balaban J connectivity index is 2.37. The molecule has 0 aliphatic rings. The second-order valence-electron chi connectivity index (χ2n) is 4.10.